The summed E-state index contributed by atoms with van der Waals surface area (Å²) in [5, 5.41) is 3.65. The molecule has 23 heavy (non-hydrogen) atoms. The Labute approximate surface area is 142 Å². The fourth-order valence-corrected chi connectivity index (χ4v) is 2.40. The fraction of sp³-hybridized carbons (Fsp3) is 0.278. The molecule has 1 N–H and O–H groups in total. The van der Waals surface area contributed by atoms with Gasteiger partial charge in [-0.3, -0.25) is 0 Å². The topological polar surface area (TPSA) is 24.5 Å². The lowest BCUT2D eigenvalue weighted by atomic mass is 10.2. The number of anilines is 1. The molecule has 0 fully saturated rings. The van der Waals surface area contributed by atoms with Crippen LogP contribution in [0.25, 0.3) is 0 Å². The van der Waals surface area contributed by atoms with Crippen LogP contribution in [-0.2, 0) is 11.3 Å². The number of benzene rings is 2. The Balaban J connectivity index is 2.07. The Morgan fingerprint density at radius 2 is 1.96 bits per heavy atom. The lowest BCUT2D eigenvalue weighted by Gasteiger charge is -2.26. The molecule has 0 bridgehead atoms. The molecule has 0 spiro atoms. The number of hydrogen-bond donors (Lipinski definition) is 1. The van der Waals surface area contributed by atoms with Crippen molar-refractivity contribution in [1.82, 2.24) is 4.90 Å². The van der Waals surface area contributed by atoms with Crippen molar-refractivity contribution in [1.29, 1.82) is 0 Å². The van der Waals surface area contributed by atoms with Gasteiger partial charge in [-0.1, -0.05) is 36.4 Å². The maximum atomic E-state index is 13.7. The van der Waals surface area contributed by atoms with Gasteiger partial charge in [-0.2, -0.15) is 0 Å². The maximum absolute atomic E-state index is 13.7. The summed E-state index contributed by atoms with van der Waals surface area (Å²) in [6.45, 7) is 3.63. The zero-order valence-corrected chi connectivity index (χ0v) is 14.2. The summed E-state index contributed by atoms with van der Waals surface area (Å²) in [5.41, 5.74) is 2.42. The summed E-state index contributed by atoms with van der Waals surface area (Å²) in [4.78, 5) is 2.01. The third-order valence-corrected chi connectivity index (χ3v) is 3.85. The van der Waals surface area contributed by atoms with Gasteiger partial charge in [-0.15, -0.1) is 0 Å². The van der Waals surface area contributed by atoms with E-state index in [1.54, 1.807) is 20.1 Å². The van der Waals surface area contributed by atoms with Crippen molar-refractivity contribution in [2.75, 3.05) is 25.6 Å². The molecule has 2 rings (SSSR count). The molecule has 0 unspecified atom stereocenters. The van der Waals surface area contributed by atoms with E-state index in [4.69, 9.17) is 17.0 Å². The van der Waals surface area contributed by atoms with Crippen molar-refractivity contribution in [3.8, 4) is 0 Å². The quantitative estimate of drug-likeness (QED) is 0.809. The molecule has 2 aromatic rings. The Hall–Kier alpha value is -1.98. The second-order valence-corrected chi connectivity index (χ2v) is 5.68. The summed E-state index contributed by atoms with van der Waals surface area (Å²) < 4.78 is 18.8. The zero-order chi connectivity index (χ0) is 16.7. The fourth-order valence-electron chi connectivity index (χ4n) is 2.13. The van der Waals surface area contributed by atoms with Crippen molar-refractivity contribution in [2.24, 2.45) is 0 Å². The van der Waals surface area contributed by atoms with Gasteiger partial charge < -0.3 is 15.0 Å². The molecule has 2 aromatic carbocycles. The minimum absolute atomic E-state index is 0.246. The predicted molar refractivity (Wildman–Crippen MR) is 96.1 cm³/mol. The van der Waals surface area contributed by atoms with E-state index in [9.17, 15) is 4.39 Å². The first-order valence-electron chi connectivity index (χ1n) is 7.45. The molecule has 122 valence electrons. The maximum Gasteiger partial charge on any atom is 0.173 e. The van der Waals surface area contributed by atoms with E-state index < -0.39 is 0 Å². The van der Waals surface area contributed by atoms with Crippen molar-refractivity contribution >= 4 is 23.0 Å². The molecule has 0 aliphatic rings. The van der Waals surface area contributed by atoms with E-state index in [2.05, 4.69) is 5.32 Å². The number of nitrogens with one attached hydrogen (secondary N) is 1. The second kappa shape index (κ2) is 8.60. The monoisotopic (exact) mass is 332 g/mol. The van der Waals surface area contributed by atoms with Crippen LogP contribution in [0.1, 0.15) is 11.1 Å². The largest absolute Gasteiger partial charge is 0.383 e. The number of ether oxygens (including phenoxy) is 1. The van der Waals surface area contributed by atoms with Gasteiger partial charge in [0, 0.05) is 25.9 Å². The highest BCUT2D eigenvalue weighted by Crippen LogP contribution is 2.15. The molecular weight excluding hydrogens is 311 g/mol. The number of aryl methyl sites for hydroxylation is 1. The third-order valence-electron chi connectivity index (χ3n) is 3.49. The minimum Gasteiger partial charge on any atom is -0.383 e. The summed E-state index contributed by atoms with van der Waals surface area (Å²) in [7, 11) is 1.66. The van der Waals surface area contributed by atoms with Crippen LogP contribution in [0.2, 0.25) is 0 Å². The van der Waals surface area contributed by atoms with Crippen LogP contribution < -0.4 is 5.32 Å². The molecule has 0 radical (unpaired) electrons. The van der Waals surface area contributed by atoms with Gasteiger partial charge in [-0.25, -0.2) is 4.39 Å². The number of hydrogen-bond acceptors (Lipinski definition) is 2. The van der Waals surface area contributed by atoms with E-state index in [-0.39, 0.29) is 5.82 Å². The van der Waals surface area contributed by atoms with E-state index in [0.717, 1.165) is 5.56 Å². The Kier molecular flexibility index (Phi) is 6.50. The first-order valence-corrected chi connectivity index (χ1v) is 7.86. The highest BCUT2D eigenvalue weighted by atomic mass is 32.1. The number of thiocarbonyl (C=S) groups is 1. The SMILES string of the molecule is COCCN(Cc1ccccc1)C(=S)Nc1ccc(C)c(F)c1. The summed E-state index contributed by atoms with van der Waals surface area (Å²) in [5.74, 6) is -0.246. The van der Waals surface area contributed by atoms with Gasteiger partial charge in [0.05, 0.1) is 6.61 Å². The molecule has 0 aromatic heterocycles. The highest BCUT2D eigenvalue weighted by molar-refractivity contribution is 7.80. The molecular formula is C18H21FN2OS. The first kappa shape index (κ1) is 17.4. The smallest absolute Gasteiger partial charge is 0.173 e. The van der Waals surface area contributed by atoms with Gasteiger partial charge in [-0.05, 0) is 42.4 Å². The van der Waals surface area contributed by atoms with E-state index in [0.29, 0.717) is 36.1 Å². The Morgan fingerprint density at radius 3 is 2.61 bits per heavy atom. The molecule has 0 aliphatic heterocycles. The molecule has 0 heterocycles. The average Bonchev–Trinajstić information content (AvgIpc) is 2.55. The summed E-state index contributed by atoms with van der Waals surface area (Å²) in [6, 6.07) is 15.1. The Bertz CT molecular complexity index is 649. The lowest BCUT2D eigenvalue weighted by molar-refractivity contribution is 0.175. The minimum atomic E-state index is -0.246. The van der Waals surface area contributed by atoms with Crippen molar-refractivity contribution < 1.29 is 9.13 Å². The number of rotatable bonds is 6. The van der Waals surface area contributed by atoms with Crippen molar-refractivity contribution in [3.05, 3.63) is 65.5 Å². The second-order valence-electron chi connectivity index (χ2n) is 5.29. The normalized spacial score (nSPS) is 10.4. The van der Waals surface area contributed by atoms with Crippen LogP contribution in [0, 0.1) is 12.7 Å². The van der Waals surface area contributed by atoms with Crippen LogP contribution in [-0.4, -0.2) is 30.3 Å². The molecule has 0 atom stereocenters. The average molecular weight is 332 g/mol. The third kappa shape index (κ3) is 5.30. The van der Waals surface area contributed by atoms with Gasteiger partial charge in [0.25, 0.3) is 0 Å². The first-order chi connectivity index (χ1) is 11.1. The van der Waals surface area contributed by atoms with E-state index in [1.165, 1.54) is 6.07 Å². The number of methoxy groups -OCH3 is 1. The molecule has 0 amide bonds. The van der Waals surface area contributed by atoms with Crippen LogP contribution >= 0.6 is 12.2 Å². The van der Waals surface area contributed by atoms with Crippen LogP contribution in [0.3, 0.4) is 0 Å². The van der Waals surface area contributed by atoms with Crippen LogP contribution in [0.15, 0.2) is 48.5 Å². The van der Waals surface area contributed by atoms with Gasteiger partial charge in [0.1, 0.15) is 5.82 Å². The molecule has 5 heteroatoms. The lowest BCUT2D eigenvalue weighted by Crippen LogP contribution is -2.36. The number of halogens is 1. The summed E-state index contributed by atoms with van der Waals surface area (Å²) in [6.07, 6.45) is 0. The highest BCUT2D eigenvalue weighted by Gasteiger charge is 2.11. The number of nitrogens with zero attached hydrogens (tertiary/aromatic N) is 1. The Morgan fingerprint density at radius 1 is 1.22 bits per heavy atom. The van der Waals surface area contributed by atoms with Crippen LogP contribution in [0.4, 0.5) is 10.1 Å². The molecule has 0 saturated carbocycles. The predicted octanol–water partition coefficient (Wildman–Crippen LogP) is 3.98. The molecule has 0 aliphatic carbocycles. The van der Waals surface area contributed by atoms with Crippen molar-refractivity contribution in [2.45, 2.75) is 13.5 Å². The van der Waals surface area contributed by atoms with E-state index >= 15 is 0 Å². The van der Waals surface area contributed by atoms with Crippen molar-refractivity contribution in [3.63, 3.8) is 0 Å². The standard InChI is InChI=1S/C18H21FN2OS/c1-14-8-9-16(12-17(14)19)20-18(23)21(10-11-22-2)13-15-6-4-3-5-7-15/h3-9,12H,10-11,13H2,1-2H3,(H,20,23). The molecule has 0 saturated heterocycles. The van der Waals surface area contributed by atoms with Crippen LogP contribution in [0.5, 0.6) is 0 Å². The molecule has 3 nitrogen and oxygen atoms in total. The zero-order valence-electron chi connectivity index (χ0n) is 13.4. The van der Waals surface area contributed by atoms with E-state index in [1.807, 2.05) is 41.3 Å². The van der Waals surface area contributed by atoms with Gasteiger partial charge >= 0.3 is 0 Å². The van der Waals surface area contributed by atoms with Gasteiger partial charge in [0.2, 0.25) is 0 Å². The van der Waals surface area contributed by atoms with Gasteiger partial charge in [0.15, 0.2) is 5.11 Å². The summed E-state index contributed by atoms with van der Waals surface area (Å²) >= 11 is 5.48.